The van der Waals surface area contributed by atoms with Gasteiger partial charge in [0, 0.05) is 13.6 Å². The van der Waals surface area contributed by atoms with Crippen molar-refractivity contribution in [3.63, 3.8) is 0 Å². The quantitative estimate of drug-likeness (QED) is 0.861. The van der Waals surface area contributed by atoms with Gasteiger partial charge in [0.2, 0.25) is 11.7 Å². The Morgan fingerprint density at radius 1 is 1.23 bits per heavy atom. The van der Waals surface area contributed by atoms with Crippen LogP contribution in [0.1, 0.15) is 18.4 Å². The average molecular weight is 308 g/mol. The zero-order valence-electron chi connectivity index (χ0n) is 13.6. The third kappa shape index (κ3) is 3.27. The summed E-state index contributed by atoms with van der Waals surface area (Å²) in [5.41, 5.74) is 1.03. The Bertz CT molecular complexity index is 508. The summed E-state index contributed by atoms with van der Waals surface area (Å²) in [7, 11) is 6.47. The third-order valence-corrected chi connectivity index (χ3v) is 4.02. The highest BCUT2D eigenvalue weighted by atomic mass is 16.5. The van der Waals surface area contributed by atoms with E-state index < -0.39 is 0 Å². The molecule has 0 aromatic heterocycles. The van der Waals surface area contributed by atoms with E-state index in [0.29, 0.717) is 23.8 Å². The third-order valence-electron chi connectivity index (χ3n) is 4.02. The molecule has 1 fully saturated rings. The van der Waals surface area contributed by atoms with Crippen molar-refractivity contribution in [2.24, 2.45) is 0 Å². The molecule has 22 heavy (non-hydrogen) atoms. The van der Waals surface area contributed by atoms with E-state index in [0.717, 1.165) is 24.9 Å². The molecule has 2 rings (SSSR count). The largest absolute Gasteiger partial charge is 0.493 e. The molecule has 1 saturated heterocycles. The summed E-state index contributed by atoms with van der Waals surface area (Å²) in [4.78, 5) is 14.1. The van der Waals surface area contributed by atoms with Crippen molar-refractivity contribution in [2.75, 3.05) is 34.9 Å². The SMILES string of the molecule is CNC(=O)C1CCCN1Cc1cc(OC)c(OC)c(OC)c1. The number of methoxy groups -OCH3 is 3. The molecule has 122 valence electrons. The van der Waals surface area contributed by atoms with Crippen molar-refractivity contribution >= 4 is 5.91 Å². The first-order valence-electron chi connectivity index (χ1n) is 7.39. The predicted molar refractivity (Wildman–Crippen MR) is 83.6 cm³/mol. The molecule has 1 aromatic carbocycles. The Hall–Kier alpha value is -1.95. The van der Waals surface area contributed by atoms with Gasteiger partial charge in [-0.25, -0.2) is 0 Å². The number of hydrogen-bond donors (Lipinski definition) is 1. The van der Waals surface area contributed by atoms with Crippen LogP contribution in [0, 0.1) is 0 Å². The number of ether oxygens (including phenoxy) is 3. The van der Waals surface area contributed by atoms with Crippen molar-refractivity contribution in [3.05, 3.63) is 17.7 Å². The summed E-state index contributed by atoms with van der Waals surface area (Å²) in [5, 5.41) is 2.74. The Morgan fingerprint density at radius 3 is 2.36 bits per heavy atom. The maximum Gasteiger partial charge on any atom is 0.237 e. The number of likely N-dealkylation sites (N-methyl/N-ethyl adjacent to an activating group) is 1. The van der Waals surface area contributed by atoms with Crippen LogP contribution in [-0.2, 0) is 11.3 Å². The highest BCUT2D eigenvalue weighted by Crippen LogP contribution is 2.38. The monoisotopic (exact) mass is 308 g/mol. The number of amides is 1. The van der Waals surface area contributed by atoms with Gasteiger partial charge in [0.15, 0.2) is 11.5 Å². The Kier molecular flexibility index (Phi) is 5.49. The highest BCUT2D eigenvalue weighted by Gasteiger charge is 2.30. The smallest absolute Gasteiger partial charge is 0.237 e. The maximum absolute atomic E-state index is 11.9. The molecule has 1 amide bonds. The molecule has 0 spiro atoms. The molecular weight excluding hydrogens is 284 g/mol. The second-order valence-corrected chi connectivity index (χ2v) is 5.28. The lowest BCUT2D eigenvalue weighted by Crippen LogP contribution is -2.41. The summed E-state index contributed by atoms with van der Waals surface area (Å²) in [6.07, 6.45) is 1.92. The van der Waals surface area contributed by atoms with Gasteiger partial charge in [0.25, 0.3) is 0 Å². The molecule has 1 aromatic rings. The first-order chi connectivity index (χ1) is 10.6. The number of benzene rings is 1. The van der Waals surface area contributed by atoms with Gasteiger partial charge in [-0.3, -0.25) is 9.69 Å². The second-order valence-electron chi connectivity index (χ2n) is 5.28. The number of carbonyl (C=O) groups is 1. The minimum Gasteiger partial charge on any atom is -0.493 e. The fourth-order valence-electron chi connectivity index (χ4n) is 2.94. The lowest BCUT2D eigenvalue weighted by Gasteiger charge is -2.24. The van der Waals surface area contributed by atoms with E-state index in [4.69, 9.17) is 14.2 Å². The number of nitrogens with one attached hydrogen (secondary N) is 1. The van der Waals surface area contributed by atoms with Crippen molar-refractivity contribution in [2.45, 2.75) is 25.4 Å². The van der Waals surface area contributed by atoms with Gasteiger partial charge in [0.1, 0.15) is 0 Å². The van der Waals surface area contributed by atoms with Crippen LogP contribution in [0.15, 0.2) is 12.1 Å². The maximum atomic E-state index is 11.9. The van der Waals surface area contributed by atoms with Crippen LogP contribution in [0.2, 0.25) is 0 Å². The lowest BCUT2D eigenvalue weighted by molar-refractivity contribution is -0.125. The molecule has 1 unspecified atom stereocenters. The van der Waals surface area contributed by atoms with Crippen LogP contribution >= 0.6 is 0 Å². The predicted octanol–water partition coefficient (Wildman–Crippen LogP) is 1.42. The van der Waals surface area contributed by atoms with Gasteiger partial charge in [-0.1, -0.05) is 0 Å². The van der Waals surface area contributed by atoms with Gasteiger partial charge in [-0.2, -0.15) is 0 Å². The van der Waals surface area contributed by atoms with E-state index in [1.54, 1.807) is 28.4 Å². The number of carbonyl (C=O) groups excluding carboxylic acids is 1. The molecule has 1 atom stereocenters. The van der Waals surface area contributed by atoms with E-state index in [-0.39, 0.29) is 11.9 Å². The van der Waals surface area contributed by atoms with Crippen molar-refractivity contribution in [1.82, 2.24) is 10.2 Å². The molecule has 0 aliphatic carbocycles. The molecule has 0 saturated carbocycles. The van der Waals surface area contributed by atoms with E-state index in [2.05, 4.69) is 10.2 Å². The average Bonchev–Trinajstić information content (AvgIpc) is 3.01. The Morgan fingerprint density at radius 2 is 1.86 bits per heavy atom. The molecule has 6 heteroatoms. The number of rotatable bonds is 6. The summed E-state index contributed by atoms with van der Waals surface area (Å²) in [6.45, 7) is 1.59. The van der Waals surface area contributed by atoms with Gasteiger partial charge in [-0.15, -0.1) is 0 Å². The number of likely N-dealkylation sites (tertiary alicyclic amines) is 1. The van der Waals surface area contributed by atoms with E-state index >= 15 is 0 Å². The molecule has 0 bridgehead atoms. The molecule has 1 N–H and O–H groups in total. The van der Waals surface area contributed by atoms with E-state index in [9.17, 15) is 4.79 Å². The molecule has 1 aliphatic heterocycles. The molecule has 6 nitrogen and oxygen atoms in total. The number of hydrogen-bond acceptors (Lipinski definition) is 5. The van der Waals surface area contributed by atoms with Crippen LogP contribution in [0.5, 0.6) is 17.2 Å². The topological polar surface area (TPSA) is 60.0 Å². The van der Waals surface area contributed by atoms with Crippen LogP contribution < -0.4 is 19.5 Å². The highest BCUT2D eigenvalue weighted by molar-refractivity contribution is 5.81. The number of nitrogens with zero attached hydrogens (tertiary/aromatic N) is 1. The molecule has 1 aliphatic rings. The zero-order valence-corrected chi connectivity index (χ0v) is 13.6. The van der Waals surface area contributed by atoms with E-state index in [1.807, 2.05) is 12.1 Å². The standard InChI is InChI=1S/C16H24N2O4/c1-17-16(19)12-6-5-7-18(12)10-11-8-13(20-2)15(22-4)14(9-11)21-3/h8-9,12H,5-7,10H2,1-4H3,(H,17,19). The van der Waals surface area contributed by atoms with Crippen molar-refractivity contribution < 1.29 is 19.0 Å². The molecule has 0 radical (unpaired) electrons. The summed E-state index contributed by atoms with van der Waals surface area (Å²) in [6, 6.07) is 3.80. The fraction of sp³-hybridized carbons (Fsp3) is 0.562. The van der Waals surface area contributed by atoms with Crippen LogP contribution in [0.4, 0.5) is 0 Å². The fourth-order valence-corrected chi connectivity index (χ4v) is 2.94. The van der Waals surface area contributed by atoms with Crippen LogP contribution in [0.25, 0.3) is 0 Å². The Balaban J connectivity index is 2.24. The van der Waals surface area contributed by atoms with Gasteiger partial charge in [-0.05, 0) is 37.1 Å². The lowest BCUT2D eigenvalue weighted by atomic mass is 10.1. The van der Waals surface area contributed by atoms with Crippen LogP contribution in [0.3, 0.4) is 0 Å². The van der Waals surface area contributed by atoms with Crippen molar-refractivity contribution in [3.8, 4) is 17.2 Å². The zero-order chi connectivity index (χ0) is 16.1. The normalized spacial score (nSPS) is 18.1. The molecule has 1 heterocycles. The summed E-state index contributed by atoms with van der Waals surface area (Å²) in [5.74, 6) is 1.92. The van der Waals surface area contributed by atoms with Gasteiger partial charge < -0.3 is 19.5 Å². The van der Waals surface area contributed by atoms with Gasteiger partial charge in [0.05, 0.1) is 27.4 Å². The minimum absolute atomic E-state index is 0.0657. The Labute approximate surface area is 131 Å². The minimum atomic E-state index is -0.0657. The van der Waals surface area contributed by atoms with Gasteiger partial charge >= 0.3 is 0 Å². The summed E-state index contributed by atoms with van der Waals surface area (Å²) < 4.78 is 16.1. The first-order valence-corrected chi connectivity index (χ1v) is 7.39. The molecular formula is C16H24N2O4. The first kappa shape index (κ1) is 16.4. The second kappa shape index (κ2) is 7.35. The van der Waals surface area contributed by atoms with Crippen molar-refractivity contribution in [1.29, 1.82) is 0 Å². The van der Waals surface area contributed by atoms with E-state index in [1.165, 1.54) is 0 Å². The van der Waals surface area contributed by atoms with Crippen LogP contribution in [-0.4, -0.2) is 51.8 Å². The summed E-state index contributed by atoms with van der Waals surface area (Å²) >= 11 is 0.